The molecule has 1 rings (SSSR count). The minimum atomic E-state index is -0.254. The molecule has 3 N–H and O–H groups in total. The molecule has 0 aliphatic rings. The number of nitrogens with zero attached hydrogens (tertiary/aromatic N) is 3. The Morgan fingerprint density at radius 2 is 2.05 bits per heavy atom. The number of anilines is 1. The van der Waals surface area contributed by atoms with Crippen molar-refractivity contribution in [3.63, 3.8) is 0 Å². The second kappa shape index (κ2) is 6.93. The molecule has 0 aliphatic carbocycles. The molecule has 0 saturated heterocycles. The van der Waals surface area contributed by atoms with Crippen LogP contribution in [0.15, 0.2) is 0 Å². The molecule has 0 unspecified atom stereocenters. The summed E-state index contributed by atoms with van der Waals surface area (Å²) in [5.41, 5.74) is 7.32. The summed E-state index contributed by atoms with van der Waals surface area (Å²) in [4.78, 5) is 25.6. The third-order valence-corrected chi connectivity index (χ3v) is 3.07. The summed E-state index contributed by atoms with van der Waals surface area (Å²) in [6.45, 7) is 6.69. The van der Waals surface area contributed by atoms with Gasteiger partial charge in [0.1, 0.15) is 5.69 Å². The first-order valence-corrected chi connectivity index (χ1v) is 6.78. The number of carbonyl (C=O) groups is 2. The Balaban J connectivity index is 3.08. The van der Waals surface area contributed by atoms with Gasteiger partial charge < -0.3 is 16.0 Å². The minimum Gasteiger partial charge on any atom is -0.395 e. The molecule has 1 aromatic heterocycles. The Morgan fingerprint density at radius 3 is 2.55 bits per heavy atom. The van der Waals surface area contributed by atoms with Gasteiger partial charge in [-0.25, -0.2) is 0 Å². The topological polar surface area (TPSA) is 93.2 Å². The number of rotatable bonds is 6. The van der Waals surface area contributed by atoms with Gasteiger partial charge in [0.25, 0.3) is 5.91 Å². The van der Waals surface area contributed by atoms with Crippen LogP contribution in [0.5, 0.6) is 0 Å². The SMILES string of the molecule is CCCN(CC(=O)NC)C(=O)c1c(N)c(C)nn1CC. The van der Waals surface area contributed by atoms with Crippen molar-refractivity contribution >= 4 is 17.5 Å². The van der Waals surface area contributed by atoms with Crippen molar-refractivity contribution in [3.8, 4) is 0 Å². The number of carbonyl (C=O) groups excluding carboxylic acids is 2. The summed E-state index contributed by atoms with van der Waals surface area (Å²) in [6.07, 6.45) is 0.766. The Hall–Kier alpha value is -2.05. The minimum absolute atomic E-state index is 0.0244. The van der Waals surface area contributed by atoms with Crippen LogP contribution in [0.2, 0.25) is 0 Å². The van der Waals surface area contributed by atoms with Crippen LogP contribution >= 0.6 is 0 Å². The van der Waals surface area contributed by atoms with Crippen molar-refractivity contribution in [2.45, 2.75) is 33.7 Å². The molecule has 2 amide bonds. The molecule has 1 heterocycles. The van der Waals surface area contributed by atoms with Crippen molar-refractivity contribution in [3.05, 3.63) is 11.4 Å². The number of nitrogen functional groups attached to an aromatic ring is 1. The van der Waals surface area contributed by atoms with Crippen LogP contribution in [0, 0.1) is 6.92 Å². The highest BCUT2D eigenvalue weighted by Crippen LogP contribution is 2.18. The number of aromatic nitrogens is 2. The molecule has 0 aromatic carbocycles. The van der Waals surface area contributed by atoms with Gasteiger partial charge in [-0.2, -0.15) is 5.10 Å². The zero-order valence-electron chi connectivity index (χ0n) is 12.6. The van der Waals surface area contributed by atoms with E-state index in [0.29, 0.717) is 30.2 Å². The van der Waals surface area contributed by atoms with Crippen LogP contribution in [-0.4, -0.2) is 46.6 Å². The molecule has 0 saturated carbocycles. The molecule has 0 radical (unpaired) electrons. The monoisotopic (exact) mass is 281 g/mol. The van der Waals surface area contributed by atoms with Gasteiger partial charge in [0.05, 0.1) is 17.9 Å². The Bertz CT molecular complexity index is 495. The smallest absolute Gasteiger partial charge is 0.274 e. The van der Waals surface area contributed by atoms with E-state index in [4.69, 9.17) is 5.73 Å². The van der Waals surface area contributed by atoms with E-state index in [1.54, 1.807) is 18.7 Å². The van der Waals surface area contributed by atoms with E-state index in [0.717, 1.165) is 6.42 Å². The van der Waals surface area contributed by atoms with E-state index in [2.05, 4.69) is 10.4 Å². The molecule has 0 aliphatic heterocycles. The predicted octanol–water partition coefficient (Wildman–Crippen LogP) is 0.392. The third kappa shape index (κ3) is 3.28. The average Bonchev–Trinajstić information content (AvgIpc) is 2.72. The van der Waals surface area contributed by atoms with E-state index < -0.39 is 0 Å². The lowest BCUT2D eigenvalue weighted by Gasteiger charge is -2.21. The highest BCUT2D eigenvalue weighted by Gasteiger charge is 2.25. The van der Waals surface area contributed by atoms with Crippen molar-refractivity contribution in [1.29, 1.82) is 0 Å². The van der Waals surface area contributed by atoms with Crippen molar-refractivity contribution < 1.29 is 9.59 Å². The number of nitrogens with one attached hydrogen (secondary N) is 1. The van der Waals surface area contributed by atoms with E-state index in [1.807, 2.05) is 13.8 Å². The maximum Gasteiger partial charge on any atom is 0.274 e. The summed E-state index contributed by atoms with van der Waals surface area (Å²) in [7, 11) is 1.55. The second-order valence-electron chi connectivity index (χ2n) is 4.56. The van der Waals surface area contributed by atoms with Gasteiger partial charge in [0, 0.05) is 20.1 Å². The predicted molar refractivity (Wildman–Crippen MR) is 77.3 cm³/mol. The molecule has 0 fully saturated rings. The Morgan fingerprint density at radius 1 is 1.40 bits per heavy atom. The lowest BCUT2D eigenvalue weighted by molar-refractivity contribution is -0.121. The number of likely N-dealkylation sites (N-methyl/N-ethyl adjacent to an activating group) is 1. The van der Waals surface area contributed by atoms with Crippen LogP contribution in [0.25, 0.3) is 0 Å². The zero-order chi connectivity index (χ0) is 15.3. The summed E-state index contributed by atoms with van der Waals surface area (Å²) in [5.74, 6) is -0.458. The lowest BCUT2D eigenvalue weighted by Crippen LogP contribution is -2.41. The largest absolute Gasteiger partial charge is 0.395 e. The van der Waals surface area contributed by atoms with E-state index in [9.17, 15) is 9.59 Å². The highest BCUT2D eigenvalue weighted by atomic mass is 16.2. The van der Waals surface area contributed by atoms with Crippen molar-refractivity contribution in [2.75, 3.05) is 25.9 Å². The molecule has 1 aromatic rings. The standard InChI is InChI=1S/C13H23N5O2/c1-5-7-17(8-10(19)15-4)13(20)12-11(14)9(3)16-18(12)6-2/h5-8,14H2,1-4H3,(H,15,19). The molecule has 7 heteroatoms. The Labute approximate surface area is 119 Å². The zero-order valence-corrected chi connectivity index (χ0v) is 12.6. The summed E-state index contributed by atoms with van der Waals surface area (Å²) in [6, 6.07) is 0. The highest BCUT2D eigenvalue weighted by molar-refractivity contribution is 5.99. The number of hydrogen-bond acceptors (Lipinski definition) is 4. The molecule has 20 heavy (non-hydrogen) atoms. The molecule has 0 atom stereocenters. The maximum atomic E-state index is 12.6. The molecule has 112 valence electrons. The van der Waals surface area contributed by atoms with Crippen molar-refractivity contribution in [2.24, 2.45) is 0 Å². The lowest BCUT2D eigenvalue weighted by atomic mass is 10.2. The Kier molecular flexibility index (Phi) is 5.54. The maximum absolute atomic E-state index is 12.6. The fraction of sp³-hybridized carbons (Fsp3) is 0.615. The summed E-state index contributed by atoms with van der Waals surface area (Å²) in [5, 5.41) is 6.76. The molecule has 0 bridgehead atoms. The van der Waals surface area contributed by atoms with E-state index in [1.165, 1.54) is 4.90 Å². The van der Waals surface area contributed by atoms with Gasteiger partial charge in [-0.15, -0.1) is 0 Å². The van der Waals surface area contributed by atoms with Gasteiger partial charge in [0.15, 0.2) is 0 Å². The first-order chi connectivity index (χ1) is 9.46. The second-order valence-corrected chi connectivity index (χ2v) is 4.56. The number of nitrogens with two attached hydrogens (primary N) is 1. The fourth-order valence-corrected chi connectivity index (χ4v) is 1.97. The van der Waals surface area contributed by atoms with Crippen LogP contribution < -0.4 is 11.1 Å². The number of hydrogen-bond donors (Lipinski definition) is 2. The van der Waals surface area contributed by atoms with Crippen LogP contribution in [-0.2, 0) is 11.3 Å². The fourth-order valence-electron chi connectivity index (χ4n) is 1.97. The number of aryl methyl sites for hydroxylation is 2. The van der Waals surface area contributed by atoms with Gasteiger partial charge in [-0.05, 0) is 20.3 Å². The van der Waals surface area contributed by atoms with E-state index in [-0.39, 0.29) is 18.4 Å². The van der Waals surface area contributed by atoms with Crippen LogP contribution in [0.4, 0.5) is 5.69 Å². The molecular weight excluding hydrogens is 258 g/mol. The average molecular weight is 281 g/mol. The third-order valence-electron chi connectivity index (χ3n) is 3.07. The van der Waals surface area contributed by atoms with Gasteiger partial charge in [-0.3, -0.25) is 14.3 Å². The normalized spacial score (nSPS) is 10.4. The molecular formula is C13H23N5O2. The number of amides is 2. The quantitative estimate of drug-likeness (QED) is 0.789. The molecule has 0 spiro atoms. The first kappa shape index (κ1) is 16.0. The van der Waals surface area contributed by atoms with Gasteiger partial charge >= 0.3 is 0 Å². The van der Waals surface area contributed by atoms with Gasteiger partial charge in [0.2, 0.25) is 5.91 Å². The first-order valence-electron chi connectivity index (χ1n) is 6.78. The van der Waals surface area contributed by atoms with Gasteiger partial charge in [-0.1, -0.05) is 6.92 Å². The van der Waals surface area contributed by atoms with E-state index >= 15 is 0 Å². The van der Waals surface area contributed by atoms with Crippen LogP contribution in [0.3, 0.4) is 0 Å². The van der Waals surface area contributed by atoms with Crippen LogP contribution in [0.1, 0.15) is 36.5 Å². The molecule has 7 nitrogen and oxygen atoms in total. The summed E-state index contributed by atoms with van der Waals surface area (Å²) >= 11 is 0. The van der Waals surface area contributed by atoms with Crippen molar-refractivity contribution in [1.82, 2.24) is 20.0 Å². The summed E-state index contributed by atoms with van der Waals surface area (Å²) < 4.78 is 1.58.